The van der Waals surface area contributed by atoms with Crippen LogP contribution in [0.3, 0.4) is 0 Å². The lowest BCUT2D eigenvalue weighted by atomic mass is 9.95. The van der Waals surface area contributed by atoms with E-state index in [2.05, 4.69) is 5.32 Å². The Hall–Kier alpha value is -3.15. The summed E-state index contributed by atoms with van der Waals surface area (Å²) in [6, 6.07) is 15.9. The zero-order valence-electron chi connectivity index (χ0n) is 15.0. The van der Waals surface area contributed by atoms with Crippen LogP contribution in [0.4, 0.5) is 0 Å². The summed E-state index contributed by atoms with van der Waals surface area (Å²) < 4.78 is 10.6. The molecule has 1 aliphatic rings. The number of rotatable bonds is 8. The standard InChI is InChI=1S/C21H21NO5/c1-26-17-9-5-6-10-18(17)27-13-16(23)19-20(24)15(22-21(19)25)12-11-14-7-3-2-4-8-14/h2-10,15,19H,11-13H2,1H3,(H,22,25). The molecule has 0 radical (unpaired) electrons. The van der Waals surface area contributed by atoms with Gasteiger partial charge in [0.05, 0.1) is 13.2 Å². The number of nitrogens with one attached hydrogen (secondary N) is 1. The topological polar surface area (TPSA) is 81.7 Å². The van der Waals surface area contributed by atoms with Gasteiger partial charge in [-0.15, -0.1) is 0 Å². The van der Waals surface area contributed by atoms with Crippen molar-refractivity contribution in [2.75, 3.05) is 13.7 Å². The van der Waals surface area contributed by atoms with Crippen LogP contribution in [0.2, 0.25) is 0 Å². The Kier molecular flexibility index (Phi) is 5.86. The predicted molar refractivity (Wildman–Crippen MR) is 98.7 cm³/mol. The smallest absolute Gasteiger partial charge is 0.238 e. The number of para-hydroxylation sites is 2. The van der Waals surface area contributed by atoms with Crippen molar-refractivity contribution in [2.45, 2.75) is 18.9 Å². The van der Waals surface area contributed by atoms with Crippen LogP contribution in [0.5, 0.6) is 11.5 Å². The van der Waals surface area contributed by atoms with E-state index in [1.54, 1.807) is 24.3 Å². The van der Waals surface area contributed by atoms with Gasteiger partial charge in [0.1, 0.15) is 6.61 Å². The third-order valence-electron chi connectivity index (χ3n) is 4.53. The molecule has 1 fully saturated rings. The van der Waals surface area contributed by atoms with Crippen LogP contribution in [0.15, 0.2) is 54.6 Å². The van der Waals surface area contributed by atoms with Crippen LogP contribution < -0.4 is 14.8 Å². The van der Waals surface area contributed by atoms with E-state index < -0.39 is 23.7 Å². The molecule has 2 atom stereocenters. The van der Waals surface area contributed by atoms with Crippen molar-refractivity contribution < 1.29 is 23.9 Å². The van der Waals surface area contributed by atoms with Crippen molar-refractivity contribution in [3.8, 4) is 11.5 Å². The molecule has 1 saturated heterocycles. The molecule has 6 heteroatoms. The summed E-state index contributed by atoms with van der Waals surface area (Å²) in [5.74, 6) is -1.92. The molecule has 140 valence electrons. The summed E-state index contributed by atoms with van der Waals surface area (Å²) in [6.07, 6.45) is 1.11. The minimum Gasteiger partial charge on any atom is -0.493 e. The molecule has 1 aliphatic heterocycles. The lowest BCUT2D eigenvalue weighted by molar-refractivity contribution is -0.137. The highest BCUT2D eigenvalue weighted by molar-refractivity contribution is 6.24. The number of methoxy groups -OCH3 is 1. The maximum absolute atomic E-state index is 12.5. The molecule has 0 spiro atoms. The van der Waals surface area contributed by atoms with Gasteiger partial charge in [0.25, 0.3) is 0 Å². The van der Waals surface area contributed by atoms with Gasteiger partial charge in [-0.3, -0.25) is 14.4 Å². The Balaban J connectivity index is 1.58. The molecule has 0 bridgehead atoms. The number of carbonyl (C=O) groups excluding carboxylic acids is 3. The SMILES string of the molecule is COc1ccccc1OCC(=O)C1C(=O)NC(CCc2ccccc2)C1=O. The highest BCUT2D eigenvalue weighted by Gasteiger charge is 2.44. The van der Waals surface area contributed by atoms with Gasteiger partial charge in [-0.1, -0.05) is 42.5 Å². The van der Waals surface area contributed by atoms with Crippen molar-refractivity contribution in [3.63, 3.8) is 0 Å². The Morgan fingerprint density at radius 1 is 1.00 bits per heavy atom. The van der Waals surface area contributed by atoms with Gasteiger partial charge >= 0.3 is 0 Å². The second-order valence-electron chi connectivity index (χ2n) is 6.33. The first-order valence-corrected chi connectivity index (χ1v) is 8.76. The number of benzene rings is 2. The molecule has 0 aliphatic carbocycles. The van der Waals surface area contributed by atoms with Gasteiger partial charge in [-0.2, -0.15) is 0 Å². The highest BCUT2D eigenvalue weighted by atomic mass is 16.5. The summed E-state index contributed by atoms with van der Waals surface area (Å²) in [7, 11) is 1.50. The van der Waals surface area contributed by atoms with E-state index in [-0.39, 0.29) is 12.4 Å². The molecule has 1 N–H and O–H groups in total. The molecule has 6 nitrogen and oxygen atoms in total. The average Bonchev–Trinajstić information content (AvgIpc) is 2.99. The van der Waals surface area contributed by atoms with Crippen molar-refractivity contribution in [2.24, 2.45) is 5.92 Å². The third kappa shape index (κ3) is 4.34. The fraction of sp³-hybridized carbons (Fsp3) is 0.286. The van der Waals surface area contributed by atoms with Crippen molar-refractivity contribution in [1.82, 2.24) is 5.32 Å². The Labute approximate surface area is 157 Å². The molecular formula is C21H21NO5. The van der Waals surface area contributed by atoms with Crippen LogP contribution in [-0.2, 0) is 20.8 Å². The average molecular weight is 367 g/mol. The van der Waals surface area contributed by atoms with Gasteiger partial charge in [0.2, 0.25) is 5.91 Å². The maximum Gasteiger partial charge on any atom is 0.238 e. The highest BCUT2D eigenvalue weighted by Crippen LogP contribution is 2.26. The second kappa shape index (κ2) is 8.49. The number of aryl methyl sites for hydroxylation is 1. The van der Waals surface area contributed by atoms with Crippen molar-refractivity contribution in [3.05, 3.63) is 60.2 Å². The minimum atomic E-state index is -1.31. The normalized spacial score (nSPS) is 18.9. The fourth-order valence-electron chi connectivity index (χ4n) is 3.10. The van der Waals surface area contributed by atoms with E-state index in [1.165, 1.54) is 7.11 Å². The lowest BCUT2D eigenvalue weighted by Crippen LogP contribution is -2.31. The monoisotopic (exact) mass is 367 g/mol. The molecule has 0 aromatic heterocycles. The number of hydrogen-bond donors (Lipinski definition) is 1. The van der Waals surface area contributed by atoms with Gasteiger partial charge in [0.15, 0.2) is 29.0 Å². The van der Waals surface area contributed by atoms with Crippen LogP contribution in [0.25, 0.3) is 0 Å². The number of ether oxygens (including phenoxy) is 2. The Bertz CT molecular complexity index is 833. The first-order valence-electron chi connectivity index (χ1n) is 8.76. The van der Waals surface area contributed by atoms with E-state index in [4.69, 9.17) is 9.47 Å². The van der Waals surface area contributed by atoms with E-state index in [9.17, 15) is 14.4 Å². The van der Waals surface area contributed by atoms with E-state index in [0.29, 0.717) is 24.3 Å². The van der Waals surface area contributed by atoms with Crippen molar-refractivity contribution in [1.29, 1.82) is 0 Å². The largest absolute Gasteiger partial charge is 0.493 e. The molecule has 3 rings (SSSR count). The number of ketones is 2. The quantitative estimate of drug-likeness (QED) is 0.722. The van der Waals surface area contributed by atoms with Gasteiger partial charge in [-0.25, -0.2) is 0 Å². The molecule has 2 aromatic rings. The second-order valence-corrected chi connectivity index (χ2v) is 6.33. The lowest BCUT2D eigenvalue weighted by Gasteiger charge is -2.11. The van der Waals surface area contributed by atoms with Crippen LogP contribution in [0.1, 0.15) is 12.0 Å². The number of carbonyl (C=O) groups is 3. The summed E-state index contributed by atoms with van der Waals surface area (Å²) in [5, 5.41) is 2.64. The number of hydrogen-bond acceptors (Lipinski definition) is 5. The van der Waals surface area contributed by atoms with Crippen LogP contribution >= 0.6 is 0 Å². The molecule has 0 saturated carbocycles. The number of Topliss-reactive ketones (excluding diaryl/α,β-unsaturated/α-hetero) is 2. The molecular weight excluding hydrogens is 346 g/mol. The molecule has 2 unspecified atom stereocenters. The van der Waals surface area contributed by atoms with E-state index >= 15 is 0 Å². The minimum absolute atomic E-state index is 0.365. The summed E-state index contributed by atoms with van der Waals surface area (Å²) in [4.78, 5) is 37.1. The summed E-state index contributed by atoms with van der Waals surface area (Å²) >= 11 is 0. The van der Waals surface area contributed by atoms with Crippen LogP contribution in [0, 0.1) is 5.92 Å². The Morgan fingerprint density at radius 2 is 1.67 bits per heavy atom. The van der Waals surface area contributed by atoms with Gasteiger partial charge < -0.3 is 14.8 Å². The fourth-order valence-corrected chi connectivity index (χ4v) is 3.10. The Morgan fingerprint density at radius 3 is 2.37 bits per heavy atom. The zero-order chi connectivity index (χ0) is 19.2. The molecule has 2 aromatic carbocycles. The zero-order valence-corrected chi connectivity index (χ0v) is 15.0. The maximum atomic E-state index is 12.5. The van der Waals surface area contributed by atoms with E-state index in [0.717, 1.165) is 5.56 Å². The molecule has 27 heavy (non-hydrogen) atoms. The van der Waals surface area contributed by atoms with Gasteiger partial charge in [0, 0.05) is 0 Å². The van der Waals surface area contributed by atoms with Crippen LogP contribution in [-0.4, -0.2) is 37.2 Å². The van der Waals surface area contributed by atoms with Gasteiger partial charge in [-0.05, 0) is 30.5 Å². The number of amides is 1. The first kappa shape index (κ1) is 18.6. The third-order valence-corrected chi connectivity index (χ3v) is 4.53. The molecule has 1 heterocycles. The summed E-state index contributed by atoms with van der Waals surface area (Å²) in [5.41, 5.74) is 1.08. The summed E-state index contributed by atoms with van der Waals surface area (Å²) in [6.45, 7) is -0.365. The molecule has 1 amide bonds. The predicted octanol–water partition coefficient (Wildman–Crippen LogP) is 1.96. The first-order chi connectivity index (χ1) is 13.1. The van der Waals surface area contributed by atoms with E-state index in [1.807, 2.05) is 30.3 Å². The van der Waals surface area contributed by atoms with Crippen molar-refractivity contribution >= 4 is 17.5 Å².